The fourth-order valence-electron chi connectivity index (χ4n) is 2.62. The van der Waals surface area contributed by atoms with Crippen LogP contribution in [0.3, 0.4) is 0 Å². The summed E-state index contributed by atoms with van der Waals surface area (Å²) in [6.07, 6.45) is 2.17. The van der Waals surface area contributed by atoms with E-state index in [0.29, 0.717) is 18.7 Å². The lowest BCUT2D eigenvalue weighted by Gasteiger charge is -2.18. The van der Waals surface area contributed by atoms with Crippen molar-refractivity contribution in [2.24, 2.45) is 5.92 Å². The van der Waals surface area contributed by atoms with Crippen LogP contribution >= 0.6 is 0 Å². The molecule has 0 unspecified atom stereocenters. The minimum atomic E-state index is -0.813. The molecule has 2 aromatic rings. The molecule has 0 aliphatic carbocycles. The number of hydroxylamine groups is 1. The molecule has 0 saturated heterocycles. The molecule has 0 saturated carbocycles. The molecule has 3 amide bonds. The minimum Gasteiger partial charge on any atom is -0.332 e. The van der Waals surface area contributed by atoms with E-state index in [1.165, 1.54) is 5.56 Å². The average molecular weight is 374 g/mol. The number of nitrogens with one attached hydrogen (secondary N) is 3. The number of aryl methyl sites for hydroxylation is 1. The van der Waals surface area contributed by atoms with Gasteiger partial charge >= 0.3 is 6.03 Å². The van der Waals surface area contributed by atoms with Gasteiger partial charge in [0.2, 0.25) is 0 Å². The molecule has 9 heteroatoms. The van der Waals surface area contributed by atoms with Gasteiger partial charge in [0.25, 0.3) is 5.91 Å². The second-order valence-corrected chi connectivity index (χ2v) is 6.82. The highest BCUT2D eigenvalue weighted by molar-refractivity contribution is 5.86. The maximum Gasteiger partial charge on any atom is 0.315 e. The normalized spacial score (nSPS) is 11.9. The van der Waals surface area contributed by atoms with Crippen LogP contribution in [0.4, 0.5) is 4.79 Å². The van der Waals surface area contributed by atoms with Gasteiger partial charge in [0.05, 0.1) is 19.3 Å². The van der Waals surface area contributed by atoms with E-state index in [-0.39, 0.29) is 12.5 Å². The zero-order chi connectivity index (χ0) is 19.8. The Hall–Kier alpha value is -2.94. The molecule has 0 spiro atoms. The van der Waals surface area contributed by atoms with Crippen LogP contribution < -0.4 is 16.1 Å². The first-order chi connectivity index (χ1) is 12.9. The molecular weight excluding hydrogens is 348 g/mol. The molecule has 0 aliphatic rings. The van der Waals surface area contributed by atoms with Crippen LogP contribution in [0.5, 0.6) is 0 Å². The van der Waals surface area contributed by atoms with Gasteiger partial charge in [0.1, 0.15) is 11.7 Å². The van der Waals surface area contributed by atoms with Gasteiger partial charge in [-0.1, -0.05) is 43.3 Å². The van der Waals surface area contributed by atoms with Crippen molar-refractivity contribution in [2.75, 3.05) is 0 Å². The quantitative estimate of drug-likeness (QED) is 0.411. The minimum absolute atomic E-state index is 0.175. The number of aromatic nitrogens is 3. The zero-order valence-electron chi connectivity index (χ0n) is 15.8. The van der Waals surface area contributed by atoms with E-state index in [9.17, 15) is 9.59 Å². The molecule has 1 atom stereocenters. The number of nitrogens with zero attached hydrogens (tertiary/aromatic N) is 3. The average Bonchev–Trinajstić information content (AvgIpc) is 3.08. The van der Waals surface area contributed by atoms with Gasteiger partial charge in [-0.15, -0.1) is 5.10 Å². The van der Waals surface area contributed by atoms with Gasteiger partial charge in [-0.2, -0.15) is 0 Å². The lowest BCUT2D eigenvalue weighted by Crippen LogP contribution is -2.49. The van der Waals surface area contributed by atoms with Crippen molar-refractivity contribution in [3.8, 4) is 0 Å². The number of carbonyl (C=O) groups is 2. The highest BCUT2D eigenvalue weighted by Crippen LogP contribution is 2.09. The Morgan fingerprint density at radius 2 is 2.00 bits per heavy atom. The van der Waals surface area contributed by atoms with Crippen molar-refractivity contribution in [2.45, 2.75) is 46.3 Å². The van der Waals surface area contributed by atoms with E-state index in [0.717, 1.165) is 5.56 Å². The van der Waals surface area contributed by atoms with Gasteiger partial charge in [-0.05, 0) is 30.4 Å². The summed E-state index contributed by atoms with van der Waals surface area (Å²) in [5, 5.41) is 22.1. The molecular formula is C18H26N6O3. The molecule has 0 aliphatic heterocycles. The molecule has 0 bridgehead atoms. The predicted octanol–water partition coefficient (Wildman–Crippen LogP) is 1.35. The second kappa shape index (κ2) is 9.67. The molecule has 0 fully saturated rings. The molecule has 4 N–H and O–H groups in total. The summed E-state index contributed by atoms with van der Waals surface area (Å²) in [6, 6.07) is 6.70. The van der Waals surface area contributed by atoms with Crippen LogP contribution in [-0.2, 0) is 17.9 Å². The van der Waals surface area contributed by atoms with Gasteiger partial charge < -0.3 is 10.6 Å². The van der Waals surface area contributed by atoms with E-state index in [2.05, 4.69) is 20.9 Å². The van der Waals surface area contributed by atoms with E-state index < -0.39 is 18.0 Å². The van der Waals surface area contributed by atoms with Crippen LogP contribution in [0.15, 0.2) is 30.5 Å². The Morgan fingerprint density at radius 1 is 1.26 bits per heavy atom. The summed E-state index contributed by atoms with van der Waals surface area (Å²) >= 11 is 0. The van der Waals surface area contributed by atoms with E-state index in [1.54, 1.807) is 16.4 Å². The number of hydrogen-bond donors (Lipinski definition) is 4. The summed E-state index contributed by atoms with van der Waals surface area (Å²) in [5.74, 6) is -0.475. The molecule has 146 valence electrons. The molecule has 1 aromatic heterocycles. The lowest BCUT2D eigenvalue weighted by atomic mass is 10.0. The number of carbonyl (C=O) groups excluding carboxylic acids is 2. The molecule has 1 aromatic carbocycles. The molecule has 1 heterocycles. The lowest BCUT2D eigenvalue weighted by molar-refractivity contribution is -0.131. The summed E-state index contributed by atoms with van der Waals surface area (Å²) in [4.78, 5) is 23.7. The largest absolute Gasteiger partial charge is 0.332 e. The first kappa shape index (κ1) is 20.4. The van der Waals surface area contributed by atoms with Gasteiger partial charge in [0, 0.05) is 0 Å². The summed E-state index contributed by atoms with van der Waals surface area (Å²) in [6.45, 7) is 6.65. The number of urea groups is 1. The molecule has 27 heavy (non-hydrogen) atoms. The SMILES string of the molecule is Cc1ccccc1Cn1cc(CNC(=O)N[C@@H](CC(C)C)C(=O)NO)nn1. The number of amides is 3. The Bertz CT molecular complexity index is 774. The van der Waals surface area contributed by atoms with Gasteiger partial charge in [0.15, 0.2) is 0 Å². The van der Waals surface area contributed by atoms with Crippen LogP contribution in [0.1, 0.15) is 37.1 Å². The smallest absolute Gasteiger partial charge is 0.315 e. The van der Waals surface area contributed by atoms with Gasteiger partial charge in [-0.25, -0.2) is 15.0 Å². The van der Waals surface area contributed by atoms with Crippen LogP contribution in [0.2, 0.25) is 0 Å². The second-order valence-electron chi connectivity index (χ2n) is 6.82. The molecule has 2 rings (SSSR count). The monoisotopic (exact) mass is 374 g/mol. The first-order valence-electron chi connectivity index (χ1n) is 8.81. The van der Waals surface area contributed by atoms with Crippen molar-refractivity contribution < 1.29 is 14.8 Å². The fraction of sp³-hybridized carbons (Fsp3) is 0.444. The topological polar surface area (TPSA) is 121 Å². The van der Waals surface area contributed by atoms with Crippen molar-refractivity contribution in [1.82, 2.24) is 31.1 Å². The molecule has 0 radical (unpaired) electrons. The predicted molar refractivity (Wildman–Crippen MR) is 98.8 cm³/mol. The van der Waals surface area contributed by atoms with Crippen LogP contribution in [0.25, 0.3) is 0 Å². The van der Waals surface area contributed by atoms with Crippen molar-refractivity contribution >= 4 is 11.9 Å². The maximum absolute atomic E-state index is 12.0. The highest BCUT2D eigenvalue weighted by Gasteiger charge is 2.21. The third-order valence-electron chi connectivity index (χ3n) is 4.05. The van der Waals surface area contributed by atoms with Crippen LogP contribution in [-0.4, -0.2) is 38.2 Å². The van der Waals surface area contributed by atoms with Crippen molar-refractivity contribution in [1.29, 1.82) is 0 Å². The first-order valence-corrected chi connectivity index (χ1v) is 8.81. The summed E-state index contributed by atoms with van der Waals surface area (Å²) in [7, 11) is 0. The standard InChI is InChI=1S/C18H26N6O3/c1-12(2)8-16(17(25)22-27)20-18(26)19-9-15-11-24(23-21-15)10-14-7-5-4-6-13(14)3/h4-7,11-12,16,27H,8-10H2,1-3H3,(H,22,25)(H2,19,20,26)/t16-/m0/s1. The van der Waals surface area contributed by atoms with Crippen LogP contribution in [0, 0.1) is 12.8 Å². The number of hydrogen-bond acceptors (Lipinski definition) is 5. The highest BCUT2D eigenvalue weighted by atomic mass is 16.5. The zero-order valence-corrected chi connectivity index (χ0v) is 15.8. The maximum atomic E-state index is 12.0. The Labute approximate surface area is 158 Å². The number of rotatable bonds is 8. The Balaban J connectivity index is 1.87. The van der Waals surface area contributed by atoms with Crippen molar-refractivity contribution in [3.63, 3.8) is 0 Å². The van der Waals surface area contributed by atoms with E-state index in [1.807, 2.05) is 45.0 Å². The Morgan fingerprint density at radius 3 is 2.67 bits per heavy atom. The Kier molecular flexibility index (Phi) is 7.30. The van der Waals surface area contributed by atoms with Crippen molar-refractivity contribution in [3.05, 3.63) is 47.3 Å². The van der Waals surface area contributed by atoms with E-state index in [4.69, 9.17) is 5.21 Å². The van der Waals surface area contributed by atoms with Gasteiger partial charge in [-0.3, -0.25) is 10.0 Å². The summed E-state index contributed by atoms with van der Waals surface area (Å²) < 4.78 is 1.71. The number of benzene rings is 1. The third-order valence-corrected chi connectivity index (χ3v) is 4.05. The summed E-state index contributed by atoms with van der Waals surface area (Å²) in [5.41, 5.74) is 4.49. The third kappa shape index (κ3) is 6.37. The molecule has 9 nitrogen and oxygen atoms in total. The van der Waals surface area contributed by atoms with E-state index >= 15 is 0 Å². The fourth-order valence-corrected chi connectivity index (χ4v) is 2.62.